The maximum absolute atomic E-state index is 13.5. The van der Waals surface area contributed by atoms with E-state index in [0.29, 0.717) is 28.4 Å². The fraction of sp³-hybridized carbons (Fsp3) is 0.0769. The highest BCUT2D eigenvalue weighted by Crippen LogP contribution is 2.43. The summed E-state index contributed by atoms with van der Waals surface area (Å²) >= 11 is 1.30. The van der Waals surface area contributed by atoms with Gasteiger partial charge in [0.05, 0.1) is 6.26 Å². The first-order chi connectivity index (χ1) is 15.5. The summed E-state index contributed by atoms with van der Waals surface area (Å²) in [6.07, 6.45) is 2.94. The van der Waals surface area contributed by atoms with Crippen molar-refractivity contribution in [1.82, 2.24) is 0 Å². The maximum Gasteiger partial charge on any atom is 0.297 e. The average molecular weight is 445 g/mol. The molecule has 1 aromatic heterocycles. The summed E-state index contributed by atoms with van der Waals surface area (Å²) in [5, 5.41) is 10.7. The van der Waals surface area contributed by atoms with Crippen molar-refractivity contribution in [1.29, 1.82) is 0 Å². The van der Waals surface area contributed by atoms with Crippen LogP contribution < -0.4 is 4.74 Å². The normalized spacial score (nSPS) is 11.1. The van der Waals surface area contributed by atoms with Crippen LogP contribution >= 0.6 is 11.3 Å². The lowest BCUT2D eigenvalue weighted by Crippen LogP contribution is -2.03. The number of hydrogen-bond acceptors (Lipinski definition) is 6. The molecule has 32 heavy (non-hydrogen) atoms. The van der Waals surface area contributed by atoms with Crippen LogP contribution in [0.25, 0.3) is 16.2 Å². The van der Waals surface area contributed by atoms with Crippen LogP contribution in [0.1, 0.15) is 31.9 Å². The number of ether oxygens (including phenoxy) is 2. The molecule has 6 heteroatoms. The minimum absolute atomic E-state index is 0.118. The van der Waals surface area contributed by atoms with Crippen LogP contribution in [0.5, 0.6) is 17.2 Å². The van der Waals surface area contributed by atoms with Gasteiger partial charge in [0, 0.05) is 15.6 Å². The van der Waals surface area contributed by atoms with Crippen molar-refractivity contribution in [3.63, 3.8) is 0 Å². The van der Waals surface area contributed by atoms with Crippen molar-refractivity contribution in [2.24, 2.45) is 0 Å². The average Bonchev–Trinajstić information content (AvgIpc) is 3.13. The molecule has 0 radical (unpaired) electrons. The Hall–Kier alpha value is -3.90. The molecular formula is C26H20O5S. The highest BCUT2D eigenvalue weighted by Gasteiger charge is 2.23. The monoisotopic (exact) mass is 444 g/mol. The lowest BCUT2D eigenvalue weighted by molar-refractivity contribution is -0.123. The molecule has 1 N–H and O–H groups in total. The van der Waals surface area contributed by atoms with Crippen molar-refractivity contribution in [3.8, 4) is 17.2 Å². The first kappa shape index (κ1) is 21.3. The number of thiophene rings is 1. The maximum atomic E-state index is 13.5. The topological polar surface area (TPSA) is 72.8 Å². The number of rotatable bonds is 7. The molecule has 1 heterocycles. The summed E-state index contributed by atoms with van der Waals surface area (Å²) < 4.78 is 11.5. The van der Waals surface area contributed by atoms with Gasteiger partial charge in [-0.25, -0.2) is 0 Å². The molecule has 0 spiro atoms. The highest BCUT2D eigenvalue weighted by molar-refractivity contribution is 7.21. The summed E-state index contributed by atoms with van der Waals surface area (Å²) in [6, 6.07) is 17.9. The van der Waals surface area contributed by atoms with E-state index < -0.39 is 0 Å². The van der Waals surface area contributed by atoms with Gasteiger partial charge in [-0.1, -0.05) is 29.8 Å². The predicted octanol–water partition coefficient (Wildman–Crippen LogP) is 6.39. The zero-order chi connectivity index (χ0) is 22.7. The standard InChI is InChI=1S/C26H20O5S/c1-16-3-4-17(2)22(13-16)24(29)26-25(21-10-7-19(28)14-23(21)32-26)31-20-8-5-18(6-9-20)11-12-30-15-27/h3-15,28H,1-2H3/b12-11+. The van der Waals surface area contributed by atoms with E-state index in [2.05, 4.69) is 4.74 Å². The number of carbonyl (C=O) groups excluding carboxylic acids is 2. The van der Waals surface area contributed by atoms with Gasteiger partial charge in [0.25, 0.3) is 6.47 Å². The van der Waals surface area contributed by atoms with E-state index in [9.17, 15) is 14.7 Å². The molecular weight excluding hydrogens is 424 g/mol. The summed E-state index contributed by atoms with van der Waals surface area (Å²) in [4.78, 5) is 24.2. The molecule has 0 aliphatic carbocycles. The first-order valence-corrected chi connectivity index (χ1v) is 10.7. The van der Waals surface area contributed by atoms with Gasteiger partial charge in [-0.15, -0.1) is 11.3 Å². The minimum Gasteiger partial charge on any atom is -0.508 e. The van der Waals surface area contributed by atoms with E-state index in [1.165, 1.54) is 17.6 Å². The highest BCUT2D eigenvalue weighted by atomic mass is 32.1. The van der Waals surface area contributed by atoms with Crippen molar-refractivity contribution in [2.75, 3.05) is 0 Å². The Labute approximate surface area is 189 Å². The number of fused-ring (bicyclic) bond motifs is 1. The molecule has 3 aromatic carbocycles. The van der Waals surface area contributed by atoms with Crippen molar-refractivity contribution in [2.45, 2.75) is 13.8 Å². The molecule has 0 amide bonds. The van der Waals surface area contributed by atoms with Gasteiger partial charge in [-0.05, 0) is 67.4 Å². The molecule has 4 aromatic rings. The molecule has 0 saturated heterocycles. The van der Waals surface area contributed by atoms with Crippen LogP contribution in [0.15, 0.2) is 66.9 Å². The molecule has 0 aliphatic rings. The smallest absolute Gasteiger partial charge is 0.297 e. The Bertz CT molecular complexity index is 1330. The zero-order valence-electron chi connectivity index (χ0n) is 17.5. The number of benzene rings is 3. The Morgan fingerprint density at radius 3 is 2.53 bits per heavy atom. The summed E-state index contributed by atoms with van der Waals surface area (Å²) in [5.41, 5.74) is 3.34. The van der Waals surface area contributed by atoms with Gasteiger partial charge in [-0.3, -0.25) is 9.59 Å². The number of aryl methyl sites for hydroxylation is 2. The van der Waals surface area contributed by atoms with Crippen LogP contribution in [0.2, 0.25) is 0 Å². The number of carbonyl (C=O) groups is 2. The van der Waals surface area contributed by atoms with Crippen LogP contribution in [0, 0.1) is 13.8 Å². The van der Waals surface area contributed by atoms with Crippen molar-refractivity contribution in [3.05, 3.63) is 94.1 Å². The van der Waals surface area contributed by atoms with Gasteiger partial charge >= 0.3 is 0 Å². The van der Waals surface area contributed by atoms with Crippen LogP contribution in [0.3, 0.4) is 0 Å². The number of phenols is 1. The molecule has 160 valence electrons. The molecule has 4 rings (SSSR count). The second-order valence-corrected chi connectivity index (χ2v) is 8.35. The molecule has 0 saturated carbocycles. The zero-order valence-corrected chi connectivity index (χ0v) is 18.3. The Kier molecular flexibility index (Phi) is 6.05. The number of hydrogen-bond donors (Lipinski definition) is 1. The third-order valence-corrected chi connectivity index (χ3v) is 6.10. The summed E-state index contributed by atoms with van der Waals surface area (Å²) in [6.45, 7) is 4.21. The molecule has 0 fully saturated rings. The van der Waals surface area contributed by atoms with Gasteiger partial charge < -0.3 is 14.6 Å². The van der Waals surface area contributed by atoms with E-state index in [-0.39, 0.29) is 11.5 Å². The fourth-order valence-electron chi connectivity index (χ4n) is 3.33. The van der Waals surface area contributed by atoms with Gasteiger partial charge in [0.2, 0.25) is 5.78 Å². The second-order valence-electron chi connectivity index (χ2n) is 7.29. The van der Waals surface area contributed by atoms with Gasteiger partial charge in [0.1, 0.15) is 16.4 Å². The lowest BCUT2D eigenvalue weighted by Gasteiger charge is -2.10. The van der Waals surface area contributed by atoms with Crippen LogP contribution in [-0.2, 0) is 9.53 Å². The first-order valence-electron chi connectivity index (χ1n) is 9.87. The van der Waals surface area contributed by atoms with Gasteiger partial charge in [-0.2, -0.15) is 0 Å². The fourth-order valence-corrected chi connectivity index (χ4v) is 4.45. The second kappa shape index (κ2) is 9.08. The third kappa shape index (κ3) is 4.40. The quantitative estimate of drug-likeness (QED) is 0.203. The Morgan fingerprint density at radius 1 is 1.00 bits per heavy atom. The van der Waals surface area contributed by atoms with Crippen LogP contribution in [0.4, 0.5) is 0 Å². The summed E-state index contributed by atoms with van der Waals surface area (Å²) in [7, 11) is 0. The van der Waals surface area contributed by atoms with E-state index in [0.717, 1.165) is 26.8 Å². The molecule has 5 nitrogen and oxygen atoms in total. The Balaban J connectivity index is 1.75. The molecule has 0 bridgehead atoms. The number of aromatic hydroxyl groups is 1. The largest absolute Gasteiger partial charge is 0.508 e. The third-order valence-electron chi connectivity index (χ3n) is 4.97. The molecule has 0 unspecified atom stereocenters. The number of phenolic OH excluding ortho intramolecular Hbond substituents is 1. The van der Waals surface area contributed by atoms with Crippen LogP contribution in [-0.4, -0.2) is 17.4 Å². The molecule has 0 aliphatic heterocycles. The minimum atomic E-state index is -0.118. The van der Waals surface area contributed by atoms with E-state index in [4.69, 9.17) is 4.74 Å². The van der Waals surface area contributed by atoms with E-state index in [1.807, 2.05) is 44.2 Å². The summed E-state index contributed by atoms with van der Waals surface area (Å²) in [5.74, 6) is 1.03. The lowest BCUT2D eigenvalue weighted by atomic mass is 10.0. The SMILES string of the molecule is Cc1ccc(C)c(C(=O)c2sc3cc(O)ccc3c2Oc2ccc(/C=C/OC=O)cc2)c1. The van der Waals surface area contributed by atoms with Crippen molar-refractivity contribution >= 4 is 39.8 Å². The van der Waals surface area contributed by atoms with E-state index in [1.54, 1.807) is 36.4 Å². The van der Waals surface area contributed by atoms with E-state index >= 15 is 0 Å². The molecule has 0 atom stereocenters. The van der Waals surface area contributed by atoms with Gasteiger partial charge in [0.15, 0.2) is 5.75 Å². The Morgan fingerprint density at radius 2 is 1.78 bits per heavy atom. The van der Waals surface area contributed by atoms with Crippen molar-refractivity contribution < 1.29 is 24.2 Å². The predicted molar refractivity (Wildman–Crippen MR) is 126 cm³/mol. The number of ketones is 1.